The van der Waals surface area contributed by atoms with E-state index in [1.54, 1.807) is 0 Å². The summed E-state index contributed by atoms with van der Waals surface area (Å²) in [6.07, 6.45) is 4.91. The molecule has 0 saturated heterocycles. The summed E-state index contributed by atoms with van der Waals surface area (Å²) in [5, 5.41) is 0. The van der Waals surface area contributed by atoms with Gasteiger partial charge in [-0.25, -0.2) is 0 Å². The van der Waals surface area contributed by atoms with Gasteiger partial charge in [-0.2, -0.15) is 0 Å². The van der Waals surface area contributed by atoms with Crippen molar-refractivity contribution < 1.29 is 4.79 Å². The van der Waals surface area contributed by atoms with Crippen molar-refractivity contribution >= 4 is 17.4 Å². The number of hydrogen-bond acceptors (Lipinski definition) is 1. The van der Waals surface area contributed by atoms with Gasteiger partial charge in [0.1, 0.15) is 5.78 Å². The molecule has 1 saturated carbocycles. The third-order valence-electron chi connectivity index (χ3n) is 1.80. The molecule has 0 heterocycles. The SMILES string of the molecule is O=C(CCCCl)CC1CC1. The predicted molar refractivity (Wildman–Crippen MR) is 42.3 cm³/mol. The van der Waals surface area contributed by atoms with Crippen LogP contribution in [0.4, 0.5) is 0 Å². The summed E-state index contributed by atoms with van der Waals surface area (Å²) in [6, 6.07) is 0. The van der Waals surface area contributed by atoms with Crippen LogP contribution in [0.15, 0.2) is 0 Å². The number of halogens is 1. The Bertz CT molecular complexity index is 118. The van der Waals surface area contributed by atoms with Gasteiger partial charge in [-0.05, 0) is 25.2 Å². The highest BCUT2D eigenvalue weighted by Crippen LogP contribution is 2.32. The quantitative estimate of drug-likeness (QED) is 0.565. The first-order valence-electron chi connectivity index (χ1n) is 3.90. The maximum absolute atomic E-state index is 11.0. The molecular weight excluding hydrogens is 148 g/mol. The molecule has 0 N–H and O–H groups in total. The van der Waals surface area contributed by atoms with Crippen molar-refractivity contribution in [3.8, 4) is 0 Å². The van der Waals surface area contributed by atoms with Crippen LogP contribution in [-0.4, -0.2) is 11.7 Å². The average Bonchev–Trinajstić information content (AvgIpc) is 2.67. The Balaban J connectivity index is 1.97. The second kappa shape index (κ2) is 3.97. The smallest absolute Gasteiger partial charge is 0.133 e. The van der Waals surface area contributed by atoms with Crippen LogP contribution in [0.5, 0.6) is 0 Å². The van der Waals surface area contributed by atoms with Crippen molar-refractivity contribution in [1.82, 2.24) is 0 Å². The van der Waals surface area contributed by atoms with Crippen molar-refractivity contribution in [2.45, 2.75) is 32.1 Å². The lowest BCUT2D eigenvalue weighted by Crippen LogP contribution is -1.98. The molecule has 0 bridgehead atoms. The Morgan fingerprint density at radius 3 is 2.70 bits per heavy atom. The fourth-order valence-electron chi connectivity index (χ4n) is 1.01. The molecule has 1 rings (SSSR count). The van der Waals surface area contributed by atoms with E-state index in [0.717, 1.165) is 18.8 Å². The summed E-state index contributed by atoms with van der Waals surface area (Å²) in [5.41, 5.74) is 0. The lowest BCUT2D eigenvalue weighted by Gasteiger charge is -1.94. The van der Waals surface area contributed by atoms with Crippen molar-refractivity contribution in [2.75, 3.05) is 5.88 Å². The predicted octanol–water partition coefficient (Wildman–Crippen LogP) is 2.37. The van der Waals surface area contributed by atoms with E-state index in [0.29, 0.717) is 18.1 Å². The lowest BCUT2D eigenvalue weighted by atomic mass is 10.1. The Kier molecular flexibility index (Phi) is 3.20. The first-order valence-corrected chi connectivity index (χ1v) is 4.44. The van der Waals surface area contributed by atoms with Crippen LogP contribution >= 0.6 is 11.6 Å². The Morgan fingerprint density at radius 2 is 2.20 bits per heavy atom. The highest BCUT2D eigenvalue weighted by atomic mass is 35.5. The first kappa shape index (κ1) is 8.06. The summed E-state index contributed by atoms with van der Waals surface area (Å²) < 4.78 is 0. The molecule has 0 aromatic heterocycles. The fraction of sp³-hybridized carbons (Fsp3) is 0.875. The fourth-order valence-corrected chi connectivity index (χ4v) is 1.14. The van der Waals surface area contributed by atoms with Crippen LogP contribution in [0.2, 0.25) is 0 Å². The monoisotopic (exact) mass is 160 g/mol. The first-order chi connectivity index (χ1) is 4.83. The molecule has 1 aliphatic rings. The summed E-state index contributed by atoms with van der Waals surface area (Å²) in [4.78, 5) is 11.0. The van der Waals surface area contributed by atoms with E-state index in [1.165, 1.54) is 12.8 Å². The molecule has 0 aromatic carbocycles. The van der Waals surface area contributed by atoms with E-state index in [9.17, 15) is 4.79 Å². The molecule has 0 spiro atoms. The zero-order valence-corrected chi connectivity index (χ0v) is 6.86. The minimum absolute atomic E-state index is 0.406. The average molecular weight is 161 g/mol. The highest BCUT2D eigenvalue weighted by Gasteiger charge is 2.23. The van der Waals surface area contributed by atoms with E-state index < -0.39 is 0 Å². The molecule has 1 fully saturated rings. The molecule has 1 nitrogen and oxygen atoms in total. The van der Waals surface area contributed by atoms with Gasteiger partial charge >= 0.3 is 0 Å². The lowest BCUT2D eigenvalue weighted by molar-refractivity contribution is -0.119. The van der Waals surface area contributed by atoms with E-state index in [1.807, 2.05) is 0 Å². The number of rotatable bonds is 5. The molecule has 1 aliphatic carbocycles. The Hall–Kier alpha value is -0.0400. The number of carbonyl (C=O) groups is 1. The number of hydrogen-bond donors (Lipinski definition) is 0. The zero-order chi connectivity index (χ0) is 7.40. The second-order valence-corrected chi connectivity index (χ2v) is 3.36. The molecule has 0 radical (unpaired) electrons. The largest absolute Gasteiger partial charge is 0.300 e. The van der Waals surface area contributed by atoms with Gasteiger partial charge in [-0.1, -0.05) is 0 Å². The van der Waals surface area contributed by atoms with Crippen molar-refractivity contribution in [1.29, 1.82) is 0 Å². The highest BCUT2D eigenvalue weighted by molar-refractivity contribution is 6.17. The molecule has 0 unspecified atom stereocenters. The van der Waals surface area contributed by atoms with Gasteiger partial charge in [-0.3, -0.25) is 4.79 Å². The molecule has 0 atom stereocenters. The van der Waals surface area contributed by atoms with Crippen LogP contribution in [-0.2, 0) is 4.79 Å². The second-order valence-electron chi connectivity index (χ2n) is 2.98. The summed E-state index contributed by atoms with van der Waals surface area (Å²) in [6.45, 7) is 0. The molecule has 0 aromatic rings. The molecule has 2 heteroatoms. The maximum Gasteiger partial charge on any atom is 0.133 e. The molecule has 10 heavy (non-hydrogen) atoms. The van der Waals surface area contributed by atoms with E-state index in [2.05, 4.69) is 0 Å². The minimum Gasteiger partial charge on any atom is -0.300 e. The van der Waals surface area contributed by atoms with Crippen LogP contribution < -0.4 is 0 Å². The van der Waals surface area contributed by atoms with Crippen LogP contribution in [0, 0.1) is 5.92 Å². The number of Topliss-reactive ketones (excluding diaryl/α,β-unsaturated/α-hetero) is 1. The van der Waals surface area contributed by atoms with Crippen LogP contribution in [0.1, 0.15) is 32.1 Å². The maximum atomic E-state index is 11.0. The van der Waals surface area contributed by atoms with Crippen molar-refractivity contribution in [3.05, 3.63) is 0 Å². The standard InChI is InChI=1S/C8H13ClO/c9-5-1-2-8(10)6-7-3-4-7/h7H,1-6H2. The molecular formula is C8H13ClO. The molecule has 0 aliphatic heterocycles. The van der Waals surface area contributed by atoms with Crippen LogP contribution in [0.25, 0.3) is 0 Å². The van der Waals surface area contributed by atoms with Crippen molar-refractivity contribution in [2.24, 2.45) is 5.92 Å². The Morgan fingerprint density at radius 1 is 1.50 bits per heavy atom. The normalized spacial score (nSPS) is 17.3. The number of alkyl halides is 1. The third kappa shape index (κ3) is 3.21. The summed E-state index contributed by atoms with van der Waals surface area (Å²) >= 11 is 5.45. The van der Waals surface area contributed by atoms with Gasteiger partial charge < -0.3 is 0 Å². The molecule has 58 valence electrons. The van der Waals surface area contributed by atoms with Crippen molar-refractivity contribution in [3.63, 3.8) is 0 Å². The topological polar surface area (TPSA) is 17.1 Å². The zero-order valence-electron chi connectivity index (χ0n) is 6.11. The minimum atomic E-state index is 0.406. The number of ketones is 1. The summed E-state index contributed by atoms with van der Waals surface area (Å²) in [7, 11) is 0. The van der Waals surface area contributed by atoms with Gasteiger partial charge in [-0.15, -0.1) is 11.6 Å². The van der Waals surface area contributed by atoms with E-state index >= 15 is 0 Å². The van der Waals surface area contributed by atoms with Gasteiger partial charge in [0.15, 0.2) is 0 Å². The number of carbonyl (C=O) groups excluding carboxylic acids is 1. The van der Waals surface area contributed by atoms with Crippen LogP contribution in [0.3, 0.4) is 0 Å². The van der Waals surface area contributed by atoms with Gasteiger partial charge in [0.05, 0.1) is 0 Å². The van der Waals surface area contributed by atoms with E-state index in [-0.39, 0.29) is 0 Å². The third-order valence-corrected chi connectivity index (χ3v) is 2.07. The van der Waals surface area contributed by atoms with Gasteiger partial charge in [0, 0.05) is 18.7 Å². The van der Waals surface area contributed by atoms with Gasteiger partial charge in [0.2, 0.25) is 0 Å². The van der Waals surface area contributed by atoms with Gasteiger partial charge in [0.25, 0.3) is 0 Å². The molecule has 0 amide bonds. The Labute approximate surface area is 66.8 Å². The summed E-state index contributed by atoms with van der Waals surface area (Å²) in [5.74, 6) is 1.77. The van der Waals surface area contributed by atoms with E-state index in [4.69, 9.17) is 11.6 Å².